The number of halogens is 1. The predicted molar refractivity (Wildman–Crippen MR) is 165 cm³/mol. The summed E-state index contributed by atoms with van der Waals surface area (Å²) in [6.07, 6.45) is 0.292. The molecule has 1 atom stereocenters. The number of hydrogen-bond donors (Lipinski definition) is 2. The summed E-state index contributed by atoms with van der Waals surface area (Å²) < 4.78 is 50.3. The predicted octanol–water partition coefficient (Wildman–Crippen LogP) is 6.75. The third-order valence-electron chi connectivity index (χ3n) is 7.51. The molecule has 0 spiro atoms. The maximum Gasteiger partial charge on any atom is 0.277 e. The summed E-state index contributed by atoms with van der Waals surface area (Å²) >= 11 is 1.53. The molecule has 0 unspecified atom stereocenters. The first-order chi connectivity index (χ1) is 20.4. The van der Waals surface area contributed by atoms with E-state index in [0.29, 0.717) is 17.8 Å². The number of hydrogen-bond acceptors (Lipinski definition) is 8. The number of aryl methyl sites for hydroxylation is 1. The lowest BCUT2D eigenvalue weighted by Crippen LogP contribution is -2.41. The fourth-order valence-corrected chi connectivity index (χ4v) is 8.77. The summed E-state index contributed by atoms with van der Waals surface area (Å²) in [4.78, 5) is 19.9. The minimum absolute atomic E-state index is 0.0299. The van der Waals surface area contributed by atoms with Crippen LogP contribution in [-0.2, 0) is 16.4 Å². The van der Waals surface area contributed by atoms with Crippen LogP contribution in [0.2, 0.25) is 0 Å². The zero-order valence-electron chi connectivity index (χ0n) is 23.8. The molecular weight excluding hydrogens is 590 g/mol. The second-order valence-electron chi connectivity index (χ2n) is 11.6. The molecule has 43 heavy (non-hydrogen) atoms. The van der Waals surface area contributed by atoms with Crippen molar-refractivity contribution in [3.63, 3.8) is 0 Å². The van der Waals surface area contributed by atoms with E-state index < -0.39 is 33.0 Å². The molecule has 2 N–H and O–H groups in total. The number of carbonyl (C=O) groups is 1. The molecule has 0 fully saturated rings. The molecule has 4 heterocycles. The van der Waals surface area contributed by atoms with Crippen molar-refractivity contribution in [2.75, 3.05) is 16.0 Å². The van der Waals surface area contributed by atoms with Gasteiger partial charge in [-0.1, -0.05) is 26.0 Å². The number of sulfone groups is 1. The summed E-state index contributed by atoms with van der Waals surface area (Å²) in [5.74, 6) is -1.50. The summed E-state index contributed by atoms with van der Waals surface area (Å²) in [6.45, 7) is 5.65. The molecule has 222 valence electrons. The van der Waals surface area contributed by atoms with E-state index in [1.165, 1.54) is 40.5 Å². The molecule has 0 aliphatic carbocycles. The number of allylic oxidation sites excluding steroid dienone is 1. The minimum atomic E-state index is -4.04. The molecule has 2 aliphatic heterocycles. The Morgan fingerprint density at radius 1 is 1.19 bits per heavy atom. The third-order valence-corrected chi connectivity index (χ3v) is 10.5. The van der Waals surface area contributed by atoms with Crippen molar-refractivity contribution in [3.8, 4) is 11.5 Å². The van der Waals surface area contributed by atoms with Crippen LogP contribution in [0, 0.1) is 18.2 Å². The number of nitrogens with one attached hydrogen (secondary N) is 1. The molecule has 4 aromatic rings. The summed E-state index contributed by atoms with van der Waals surface area (Å²) in [7, 11) is -4.04. The smallest absolute Gasteiger partial charge is 0.277 e. The summed E-state index contributed by atoms with van der Waals surface area (Å²) in [5, 5.41) is 18.0. The van der Waals surface area contributed by atoms with Crippen LogP contribution in [0.5, 0.6) is 11.5 Å². The van der Waals surface area contributed by atoms with Gasteiger partial charge in [0.1, 0.15) is 41.3 Å². The second-order valence-corrected chi connectivity index (χ2v) is 14.3. The molecular formula is C32H30FN3O5S2. The number of nitrogens with zero attached hydrogens (tertiary/aromatic N) is 2. The SMILES string of the molecule is Cc1cccc(C(=O)N2c3cccc(O)c3NC3=C([C@H]2c2ccc(OCc4ccsc4)cc2F)S(=O)(=O)CC(C)(C)C3)n1. The van der Waals surface area contributed by atoms with Crippen LogP contribution in [0.15, 0.2) is 82.0 Å². The number of amides is 1. The largest absolute Gasteiger partial charge is 0.506 e. The van der Waals surface area contributed by atoms with E-state index in [4.69, 9.17) is 4.74 Å². The number of benzene rings is 2. The van der Waals surface area contributed by atoms with Crippen molar-refractivity contribution in [1.29, 1.82) is 0 Å². The van der Waals surface area contributed by atoms with Gasteiger partial charge < -0.3 is 15.2 Å². The first kappa shape index (κ1) is 28.9. The molecule has 2 aromatic heterocycles. The zero-order valence-corrected chi connectivity index (χ0v) is 25.4. The number of pyridine rings is 1. The van der Waals surface area contributed by atoms with E-state index in [0.717, 1.165) is 5.56 Å². The Balaban J connectivity index is 1.58. The molecule has 11 heteroatoms. The van der Waals surface area contributed by atoms with E-state index in [-0.39, 0.29) is 51.4 Å². The fraction of sp³-hybridized carbons (Fsp3) is 0.250. The highest BCUT2D eigenvalue weighted by atomic mass is 32.2. The highest BCUT2D eigenvalue weighted by Gasteiger charge is 2.48. The number of fused-ring (bicyclic) bond motifs is 1. The van der Waals surface area contributed by atoms with E-state index in [2.05, 4.69) is 10.3 Å². The van der Waals surface area contributed by atoms with Gasteiger partial charge in [-0.3, -0.25) is 9.69 Å². The van der Waals surface area contributed by atoms with Crippen LogP contribution in [0.1, 0.15) is 53.6 Å². The van der Waals surface area contributed by atoms with Crippen molar-refractivity contribution < 1.29 is 27.4 Å². The van der Waals surface area contributed by atoms with Crippen LogP contribution >= 0.6 is 11.3 Å². The average Bonchev–Trinajstić information content (AvgIpc) is 3.40. The lowest BCUT2D eigenvalue weighted by molar-refractivity contribution is 0.0975. The van der Waals surface area contributed by atoms with Gasteiger partial charge in [-0.05, 0) is 77.5 Å². The Kier molecular flexibility index (Phi) is 7.26. The lowest BCUT2D eigenvalue weighted by atomic mass is 9.88. The number of phenols is 1. The van der Waals surface area contributed by atoms with Crippen molar-refractivity contribution in [2.45, 2.75) is 39.8 Å². The maximum absolute atomic E-state index is 16.2. The number of aromatic hydroxyl groups is 1. The Morgan fingerprint density at radius 3 is 2.70 bits per heavy atom. The molecule has 8 nitrogen and oxygen atoms in total. The lowest BCUT2D eigenvalue weighted by Gasteiger charge is -2.37. The van der Waals surface area contributed by atoms with Gasteiger partial charge in [-0.25, -0.2) is 17.8 Å². The van der Waals surface area contributed by atoms with Gasteiger partial charge in [0.15, 0.2) is 9.84 Å². The first-order valence-corrected chi connectivity index (χ1v) is 16.3. The van der Waals surface area contributed by atoms with Crippen LogP contribution in [0.3, 0.4) is 0 Å². The molecule has 0 saturated carbocycles. The van der Waals surface area contributed by atoms with Crippen molar-refractivity contribution in [3.05, 3.63) is 110 Å². The Morgan fingerprint density at radius 2 is 1.98 bits per heavy atom. The molecule has 1 amide bonds. The first-order valence-electron chi connectivity index (χ1n) is 13.7. The minimum Gasteiger partial charge on any atom is -0.506 e. The van der Waals surface area contributed by atoms with Gasteiger partial charge in [-0.15, -0.1) is 0 Å². The van der Waals surface area contributed by atoms with Crippen LogP contribution in [-0.4, -0.2) is 30.2 Å². The van der Waals surface area contributed by atoms with E-state index in [9.17, 15) is 18.3 Å². The quantitative estimate of drug-likeness (QED) is 0.238. The average molecular weight is 620 g/mol. The third kappa shape index (κ3) is 5.50. The van der Waals surface area contributed by atoms with Gasteiger partial charge >= 0.3 is 0 Å². The number of para-hydroxylation sites is 1. The van der Waals surface area contributed by atoms with E-state index in [1.807, 2.05) is 30.7 Å². The van der Waals surface area contributed by atoms with E-state index in [1.54, 1.807) is 37.3 Å². The van der Waals surface area contributed by atoms with Crippen molar-refractivity contribution >= 4 is 38.5 Å². The number of phenolic OH excluding ortho intramolecular Hbond substituents is 1. The highest BCUT2D eigenvalue weighted by Crippen LogP contribution is 2.52. The van der Waals surface area contributed by atoms with Gasteiger partial charge in [-0.2, -0.15) is 11.3 Å². The van der Waals surface area contributed by atoms with Crippen LogP contribution in [0.4, 0.5) is 15.8 Å². The number of carbonyl (C=O) groups excluding carboxylic acids is 1. The monoisotopic (exact) mass is 619 g/mol. The number of rotatable bonds is 5. The van der Waals surface area contributed by atoms with E-state index >= 15 is 4.39 Å². The molecule has 0 radical (unpaired) electrons. The van der Waals surface area contributed by atoms with Crippen molar-refractivity contribution in [1.82, 2.24) is 4.98 Å². The molecule has 2 aliphatic rings. The number of anilines is 2. The summed E-state index contributed by atoms with van der Waals surface area (Å²) in [5.41, 5.74) is 1.53. The van der Waals surface area contributed by atoms with Crippen LogP contribution < -0.4 is 15.0 Å². The van der Waals surface area contributed by atoms with Gasteiger partial charge in [0.25, 0.3) is 5.91 Å². The Hall–Kier alpha value is -4.22. The Bertz CT molecular complexity index is 1870. The summed E-state index contributed by atoms with van der Waals surface area (Å²) in [6, 6.07) is 14.3. The van der Waals surface area contributed by atoms with Gasteiger partial charge in [0.05, 0.1) is 16.3 Å². The number of ether oxygens (including phenoxy) is 1. The molecule has 6 rings (SSSR count). The molecule has 0 bridgehead atoms. The number of thiophene rings is 1. The highest BCUT2D eigenvalue weighted by molar-refractivity contribution is 7.95. The fourth-order valence-electron chi connectivity index (χ4n) is 5.76. The normalized spacial score (nSPS) is 18.7. The Labute approximate surface area is 253 Å². The van der Waals surface area contributed by atoms with Crippen molar-refractivity contribution in [2.24, 2.45) is 5.41 Å². The topological polar surface area (TPSA) is 109 Å². The van der Waals surface area contributed by atoms with Crippen LogP contribution in [0.25, 0.3) is 0 Å². The molecule has 2 aromatic carbocycles. The standard InChI is InChI=1S/C32H30FN3O5S2/c1-19-6-4-7-24(34-19)31(38)36-26-8-5-9-27(37)28(26)35-25-15-32(2,3)18-43(39,40)30(25)29(36)22-11-10-21(14-23(22)33)41-16-20-12-13-42-17-20/h4-14,17,29,35,37H,15-16,18H2,1-3H3/t29-/m1/s1. The number of aromatic nitrogens is 1. The molecule has 0 saturated heterocycles. The van der Waals surface area contributed by atoms with Gasteiger partial charge in [0, 0.05) is 23.0 Å². The maximum atomic E-state index is 16.2. The second kappa shape index (κ2) is 10.8. The zero-order chi connectivity index (χ0) is 30.5. The van der Waals surface area contributed by atoms with Gasteiger partial charge in [0.2, 0.25) is 0 Å².